The molecule has 0 aromatic rings. The normalized spacial score (nSPS) is 13.1. The summed E-state index contributed by atoms with van der Waals surface area (Å²) in [5, 5.41) is 0. The first-order valence-corrected chi connectivity index (χ1v) is 16.7. The third-order valence-electron chi connectivity index (χ3n) is 1.39. The fraction of sp³-hybridized carbons (Fsp3) is 0.778. The summed E-state index contributed by atoms with van der Waals surface area (Å²) < 4.78 is 16.8. The first-order valence-electron chi connectivity index (χ1n) is 5.83. The predicted molar refractivity (Wildman–Crippen MR) is 91.6 cm³/mol. The van der Waals surface area contributed by atoms with Crippen LogP contribution in [0.2, 0.25) is 45.8 Å². The molecule has 0 fully saturated rings. The second kappa shape index (κ2) is 7.99. The highest BCUT2D eigenvalue weighted by molar-refractivity contribution is 6.89. The van der Waals surface area contributed by atoms with Crippen molar-refractivity contribution in [1.29, 1.82) is 0 Å². The Morgan fingerprint density at radius 1 is 0.824 bits per heavy atom. The summed E-state index contributed by atoms with van der Waals surface area (Å²) in [5.74, 6) is 0. The van der Waals surface area contributed by atoms with Gasteiger partial charge in [-0.3, -0.25) is 0 Å². The molecule has 8 heteroatoms. The molecule has 0 radical (unpaired) electrons. The molecule has 0 aliphatic rings. The van der Waals surface area contributed by atoms with Gasteiger partial charge in [-0.2, -0.15) is 0 Å². The third kappa shape index (κ3) is 14.6. The fourth-order valence-corrected chi connectivity index (χ4v) is 12.3. The van der Waals surface area contributed by atoms with E-state index in [2.05, 4.69) is 56.5 Å². The van der Waals surface area contributed by atoms with E-state index in [-0.39, 0.29) is 0 Å². The SMILES string of the molecule is C=C[Si](C)(O[Si](C)(C)C)O[Si](C)(C)C.[SiH3]O[SiH3]. The van der Waals surface area contributed by atoms with Crippen LogP contribution in [0.3, 0.4) is 0 Å². The molecule has 0 spiro atoms. The summed E-state index contributed by atoms with van der Waals surface area (Å²) in [6.07, 6.45) is 0. The van der Waals surface area contributed by atoms with Gasteiger partial charge in [-0.25, -0.2) is 0 Å². The topological polar surface area (TPSA) is 27.7 Å². The van der Waals surface area contributed by atoms with Crippen molar-refractivity contribution in [2.45, 2.75) is 45.8 Å². The molecule has 0 amide bonds. The summed E-state index contributed by atoms with van der Waals surface area (Å²) in [6.45, 7) is 19.1. The van der Waals surface area contributed by atoms with Crippen molar-refractivity contribution in [2.75, 3.05) is 0 Å². The Bertz CT molecular complexity index is 206. The largest absolute Gasteiger partial charge is 0.471 e. The van der Waals surface area contributed by atoms with Crippen LogP contribution in [0.5, 0.6) is 0 Å². The van der Waals surface area contributed by atoms with Crippen molar-refractivity contribution in [3.8, 4) is 0 Å². The monoisotopic (exact) mass is 326 g/mol. The number of rotatable bonds is 5. The van der Waals surface area contributed by atoms with Crippen LogP contribution in [0.25, 0.3) is 0 Å². The van der Waals surface area contributed by atoms with E-state index in [0.29, 0.717) is 0 Å². The fourth-order valence-electron chi connectivity index (χ4n) is 1.32. The quantitative estimate of drug-likeness (QED) is 0.707. The molecule has 0 aliphatic heterocycles. The summed E-state index contributed by atoms with van der Waals surface area (Å²) in [6, 6.07) is 0. The Balaban J connectivity index is 0. The van der Waals surface area contributed by atoms with Gasteiger partial charge in [0.05, 0.1) is 0 Å². The van der Waals surface area contributed by atoms with E-state index >= 15 is 0 Å². The lowest BCUT2D eigenvalue weighted by atomic mass is 11.3. The first-order chi connectivity index (χ1) is 7.39. The van der Waals surface area contributed by atoms with Gasteiger partial charge >= 0.3 is 8.56 Å². The molecule has 0 saturated heterocycles. The Labute approximate surface area is 117 Å². The highest BCUT2D eigenvalue weighted by atomic mass is 28.5. The van der Waals surface area contributed by atoms with Crippen molar-refractivity contribution < 1.29 is 12.3 Å². The van der Waals surface area contributed by atoms with Crippen molar-refractivity contribution in [1.82, 2.24) is 0 Å². The molecule has 0 rings (SSSR count). The summed E-state index contributed by atoms with van der Waals surface area (Å²) in [5.41, 5.74) is 1.91. The molecule has 17 heavy (non-hydrogen) atoms. The van der Waals surface area contributed by atoms with E-state index in [1.54, 1.807) is 0 Å². The zero-order valence-electron chi connectivity index (χ0n) is 13.0. The predicted octanol–water partition coefficient (Wildman–Crippen LogP) is 1.05. The molecular weight excluding hydrogens is 297 g/mol. The van der Waals surface area contributed by atoms with Gasteiger partial charge in [-0.1, -0.05) is 5.70 Å². The van der Waals surface area contributed by atoms with Crippen molar-refractivity contribution >= 4 is 46.2 Å². The van der Waals surface area contributed by atoms with Crippen LogP contribution in [0, 0.1) is 0 Å². The smallest absolute Gasteiger partial charge is 0.340 e. The molecular formula is C9H30O3Si5. The van der Waals surface area contributed by atoms with Crippen LogP contribution in [-0.2, 0) is 12.3 Å². The summed E-state index contributed by atoms with van der Waals surface area (Å²) >= 11 is 0. The van der Waals surface area contributed by atoms with Gasteiger partial charge < -0.3 is 12.3 Å². The number of hydrogen-bond acceptors (Lipinski definition) is 3. The lowest BCUT2D eigenvalue weighted by Gasteiger charge is -2.36. The first kappa shape index (κ1) is 20.0. The third-order valence-corrected chi connectivity index (χ3v) is 10.3. The van der Waals surface area contributed by atoms with Crippen molar-refractivity contribution in [3.05, 3.63) is 12.3 Å². The zero-order chi connectivity index (χ0) is 14.3. The van der Waals surface area contributed by atoms with E-state index in [1.165, 1.54) is 0 Å². The van der Waals surface area contributed by atoms with Gasteiger partial charge in [0.2, 0.25) is 0 Å². The molecule has 0 saturated carbocycles. The Kier molecular flexibility index (Phi) is 9.42. The molecule has 0 unspecified atom stereocenters. The summed E-state index contributed by atoms with van der Waals surface area (Å²) in [7, 11) is -3.30. The minimum Gasteiger partial charge on any atom is -0.471 e. The highest BCUT2D eigenvalue weighted by Crippen LogP contribution is 2.20. The average molecular weight is 327 g/mol. The van der Waals surface area contributed by atoms with E-state index in [0.717, 1.165) is 21.0 Å². The van der Waals surface area contributed by atoms with Gasteiger partial charge in [0.1, 0.15) is 21.0 Å². The highest BCUT2D eigenvalue weighted by Gasteiger charge is 2.37. The van der Waals surface area contributed by atoms with Crippen molar-refractivity contribution in [3.63, 3.8) is 0 Å². The Morgan fingerprint density at radius 2 is 1.06 bits per heavy atom. The Morgan fingerprint density at radius 3 is 1.18 bits per heavy atom. The van der Waals surface area contributed by atoms with Gasteiger partial charge in [-0.15, -0.1) is 6.58 Å². The van der Waals surface area contributed by atoms with Gasteiger partial charge in [0.25, 0.3) is 0 Å². The second-order valence-electron chi connectivity index (χ2n) is 6.06. The maximum atomic E-state index is 6.12. The standard InChI is InChI=1S/C9H24O2Si3.H6OSi2/c1-9-14(8,10-12(2,3)4)11-13(5,6)7;2-1-3/h9H,1H2,2-8H3;2-3H3. The van der Waals surface area contributed by atoms with Crippen LogP contribution < -0.4 is 0 Å². The van der Waals surface area contributed by atoms with Crippen molar-refractivity contribution in [2.24, 2.45) is 0 Å². The van der Waals surface area contributed by atoms with Crippen LogP contribution in [-0.4, -0.2) is 46.2 Å². The maximum absolute atomic E-state index is 6.12. The van der Waals surface area contributed by atoms with Gasteiger partial charge in [-0.05, 0) is 45.8 Å². The zero-order valence-corrected chi connectivity index (χ0v) is 20.0. The molecule has 0 aliphatic carbocycles. The van der Waals surface area contributed by atoms with Gasteiger partial charge in [0, 0.05) is 0 Å². The molecule has 104 valence electrons. The molecule has 3 nitrogen and oxygen atoms in total. The minimum atomic E-state index is -2.11. The maximum Gasteiger partial charge on any atom is 0.340 e. The Hall–Kier alpha value is 0.704. The molecule has 0 aromatic heterocycles. The lowest BCUT2D eigenvalue weighted by molar-refractivity contribution is 0.403. The second-order valence-corrected chi connectivity index (χ2v) is 21.8. The van der Waals surface area contributed by atoms with Gasteiger partial charge in [0.15, 0.2) is 16.6 Å². The van der Waals surface area contributed by atoms with Crippen LogP contribution in [0.1, 0.15) is 0 Å². The van der Waals surface area contributed by atoms with E-state index in [9.17, 15) is 0 Å². The average Bonchev–Trinajstić information content (AvgIpc) is 1.98. The number of hydrogen-bond donors (Lipinski definition) is 0. The minimum absolute atomic E-state index is 0.931. The molecule has 0 aromatic carbocycles. The molecule has 0 atom stereocenters. The van der Waals surface area contributed by atoms with E-state index in [1.807, 2.05) is 5.70 Å². The van der Waals surface area contributed by atoms with E-state index in [4.69, 9.17) is 8.23 Å². The lowest BCUT2D eigenvalue weighted by Crippen LogP contribution is -2.51. The van der Waals surface area contributed by atoms with Crippen LogP contribution >= 0.6 is 0 Å². The molecule has 0 N–H and O–H groups in total. The summed E-state index contributed by atoms with van der Waals surface area (Å²) in [4.78, 5) is 0. The molecule has 0 heterocycles. The van der Waals surface area contributed by atoms with E-state index < -0.39 is 25.2 Å². The van der Waals surface area contributed by atoms with Crippen LogP contribution in [0.15, 0.2) is 12.3 Å². The molecule has 0 bridgehead atoms. The van der Waals surface area contributed by atoms with Crippen LogP contribution in [0.4, 0.5) is 0 Å².